The van der Waals surface area contributed by atoms with Gasteiger partial charge in [-0.1, -0.05) is 38.5 Å². The zero-order chi connectivity index (χ0) is 12.1. The van der Waals surface area contributed by atoms with Crippen molar-refractivity contribution in [3.05, 3.63) is 0 Å². The van der Waals surface area contributed by atoms with Gasteiger partial charge in [0.15, 0.2) is 0 Å². The van der Waals surface area contributed by atoms with Crippen LogP contribution in [0.2, 0.25) is 0 Å². The molecule has 2 nitrogen and oxygen atoms in total. The molecule has 98 valence electrons. The Hall–Kier alpha value is -0.240. The zero-order valence-corrected chi connectivity index (χ0v) is 11.3. The van der Waals surface area contributed by atoms with Crippen LogP contribution in [-0.2, 0) is 9.53 Å². The SMILES string of the molecule is O=C(CCl)O[C@H]1CCCC[C@H]1C1CCCCC1. The largest absolute Gasteiger partial charge is 0.461 e. The van der Waals surface area contributed by atoms with E-state index in [4.69, 9.17) is 16.3 Å². The van der Waals surface area contributed by atoms with Gasteiger partial charge < -0.3 is 4.74 Å². The predicted molar refractivity (Wildman–Crippen MR) is 69.1 cm³/mol. The first kappa shape index (κ1) is 13.2. The minimum Gasteiger partial charge on any atom is -0.461 e. The van der Waals surface area contributed by atoms with E-state index in [9.17, 15) is 4.79 Å². The van der Waals surface area contributed by atoms with Crippen molar-refractivity contribution in [2.24, 2.45) is 11.8 Å². The van der Waals surface area contributed by atoms with Crippen molar-refractivity contribution >= 4 is 17.6 Å². The molecule has 0 aromatic rings. The fourth-order valence-corrected chi connectivity index (χ4v) is 3.64. The monoisotopic (exact) mass is 258 g/mol. The molecule has 2 saturated carbocycles. The van der Waals surface area contributed by atoms with Gasteiger partial charge in [-0.25, -0.2) is 0 Å². The number of carbonyl (C=O) groups is 1. The third kappa shape index (κ3) is 3.61. The number of alkyl halides is 1. The molecule has 3 heteroatoms. The Morgan fingerprint density at radius 3 is 2.35 bits per heavy atom. The average Bonchev–Trinajstić information content (AvgIpc) is 2.40. The smallest absolute Gasteiger partial charge is 0.321 e. The van der Waals surface area contributed by atoms with E-state index >= 15 is 0 Å². The van der Waals surface area contributed by atoms with Crippen molar-refractivity contribution in [1.29, 1.82) is 0 Å². The molecule has 0 unspecified atom stereocenters. The van der Waals surface area contributed by atoms with Gasteiger partial charge in [0, 0.05) is 0 Å². The van der Waals surface area contributed by atoms with Crippen molar-refractivity contribution in [3.8, 4) is 0 Å². The van der Waals surface area contributed by atoms with E-state index < -0.39 is 0 Å². The fraction of sp³-hybridized carbons (Fsp3) is 0.929. The van der Waals surface area contributed by atoms with Gasteiger partial charge >= 0.3 is 5.97 Å². The third-order valence-electron chi connectivity index (χ3n) is 4.40. The molecule has 17 heavy (non-hydrogen) atoms. The Bertz CT molecular complexity index is 249. The molecule has 2 atom stereocenters. The van der Waals surface area contributed by atoms with Crippen molar-refractivity contribution in [3.63, 3.8) is 0 Å². The zero-order valence-electron chi connectivity index (χ0n) is 10.5. The maximum atomic E-state index is 11.4. The standard InChI is InChI=1S/C14H23ClO2/c15-10-14(16)17-13-9-5-4-8-12(13)11-6-2-1-3-7-11/h11-13H,1-10H2/t12-,13-/m0/s1. The van der Waals surface area contributed by atoms with Gasteiger partial charge in [0.25, 0.3) is 0 Å². The lowest BCUT2D eigenvalue weighted by Gasteiger charge is -2.38. The Kier molecular flexibility index (Phi) is 5.15. The normalized spacial score (nSPS) is 31.1. The summed E-state index contributed by atoms with van der Waals surface area (Å²) in [6.07, 6.45) is 11.7. The van der Waals surface area contributed by atoms with E-state index in [-0.39, 0.29) is 18.0 Å². The van der Waals surface area contributed by atoms with E-state index in [2.05, 4.69) is 0 Å². The number of rotatable bonds is 3. The first-order valence-electron chi connectivity index (χ1n) is 7.06. The number of ether oxygens (including phenoxy) is 1. The summed E-state index contributed by atoms with van der Waals surface area (Å²) in [5.74, 6) is 1.15. The van der Waals surface area contributed by atoms with Gasteiger partial charge in [0.05, 0.1) is 0 Å². The molecule has 0 bridgehead atoms. The molecule has 0 amide bonds. The molecule has 0 radical (unpaired) electrons. The van der Waals surface area contributed by atoms with E-state index in [0.717, 1.165) is 12.3 Å². The average molecular weight is 259 g/mol. The Morgan fingerprint density at radius 1 is 1.00 bits per heavy atom. The van der Waals surface area contributed by atoms with Crippen molar-refractivity contribution in [2.75, 3.05) is 5.88 Å². The fourth-order valence-electron chi connectivity index (χ4n) is 3.57. The molecule has 2 aliphatic carbocycles. The summed E-state index contributed by atoms with van der Waals surface area (Å²) in [5.41, 5.74) is 0. The van der Waals surface area contributed by atoms with Crippen LogP contribution in [-0.4, -0.2) is 18.0 Å². The molecule has 0 aliphatic heterocycles. The highest BCUT2D eigenvalue weighted by atomic mass is 35.5. The van der Waals surface area contributed by atoms with Crippen LogP contribution in [0.25, 0.3) is 0 Å². The number of esters is 1. The molecule has 0 N–H and O–H groups in total. The summed E-state index contributed by atoms with van der Waals surface area (Å²) in [7, 11) is 0. The van der Waals surface area contributed by atoms with E-state index in [1.807, 2.05) is 0 Å². The predicted octanol–water partition coefficient (Wildman–Crippen LogP) is 3.91. The molecule has 2 fully saturated rings. The van der Waals surface area contributed by atoms with E-state index in [1.165, 1.54) is 51.4 Å². The molecule has 2 rings (SSSR count). The van der Waals surface area contributed by atoms with Gasteiger partial charge in [-0.3, -0.25) is 4.79 Å². The minimum atomic E-state index is -0.237. The maximum absolute atomic E-state index is 11.4. The lowest BCUT2D eigenvalue weighted by Crippen LogP contribution is -2.36. The number of hydrogen-bond acceptors (Lipinski definition) is 2. The van der Waals surface area contributed by atoms with Crippen LogP contribution in [0.5, 0.6) is 0 Å². The number of halogens is 1. The molecule has 0 saturated heterocycles. The van der Waals surface area contributed by atoms with E-state index in [1.54, 1.807) is 0 Å². The summed E-state index contributed by atoms with van der Waals surface area (Å²) in [6.45, 7) is 0. The second-order valence-corrected chi connectivity index (χ2v) is 5.78. The van der Waals surface area contributed by atoms with Crippen LogP contribution in [0.1, 0.15) is 57.8 Å². The summed E-state index contributed by atoms with van der Waals surface area (Å²) in [5, 5.41) is 0. The first-order chi connectivity index (χ1) is 8.31. The lowest BCUT2D eigenvalue weighted by molar-refractivity contribution is -0.152. The van der Waals surface area contributed by atoms with Gasteiger partial charge in [0.2, 0.25) is 0 Å². The molecule has 0 spiro atoms. The third-order valence-corrected chi connectivity index (χ3v) is 4.62. The highest BCUT2D eigenvalue weighted by Crippen LogP contribution is 2.39. The maximum Gasteiger partial charge on any atom is 0.321 e. The topological polar surface area (TPSA) is 26.3 Å². The second-order valence-electron chi connectivity index (χ2n) is 5.51. The molecule has 2 aliphatic rings. The van der Waals surface area contributed by atoms with Crippen LogP contribution < -0.4 is 0 Å². The van der Waals surface area contributed by atoms with Crippen LogP contribution in [0, 0.1) is 11.8 Å². The van der Waals surface area contributed by atoms with Crippen LogP contribution in [0.4, 0.5) is 0 Å². The van der Waals surface area contributed by atoms with Gasteiger partial charge in [0.1, 0.15) is 12.0 Å². The Balaban J connectivity index is 1.93. The van der Waals surface area contributed by atoms with Crippen molar-refractivity contribution in [1.82, 2.24) is 0 Å². The summed E-state index contributed by atoms with van der Waals surface area (Å²) >= 11 is 5.53. The lowest BCUT2D eigenvalue weighted by atomic mass is 9.72. The highest BCUT2D eigenvalue weighted by Gasteiger charge is 2.34. The number of carbonyl (C=O) groups excluding carboxylic acids is 1. The Morgan fingerprint density at radius 2 is 1.65 bits per heavy atom. The van der Waals surface area contributed by atoms with Crippen LogP contribution >= 0.6 is 11.6 Å². The molecule has 0 aromatic carbocycles. The first-order valence-corrected chi connectivity index (χ1v) is 7.60. The molecular weight excluding hydrogens is 236 g/mol. The molecule has 0 aromatic heterocycles. The van der Waals surface area contributed by atoms with Gasteiger partial charge in [-0.2, -0.15) is 0 Å². The number of hydrogen-bond donors (Lipinski definition) is 0. The van der Waals surface area contributed by atoms with Crippen LogP contribution in [0.15, 0.2) is 0 Å². The quantitative estimate of drug-likeness (QED) is 0.567. The second kappa shape index (κ2) is 6.63. The summed E-state index contributed by atoms with van der Waals surface area (Å²) in [4.78, 5) is 11.4. The summed E-state index contributed by atoms with van der Waals surface area (Å²) < 4.78 is 5.54. The van der Waals surface area contributed by atoms with Crippen LogP contribution in [0.3, 0.4) is 0 Å². The molecule has 0 heterocycles. The summed E-state index contributed by atoms with van der Waals surface area (Å²) in [6, 6.07) is 0. The minimum absolute atomic E-state index is 0.00606. The highest BCUT2D eigenvalue weighted by molar-refractivity contribution is 6.26. The van der Waals surface area contributed by atoms with Crippen molar-refractivity contribution < 1.29 is 9.53 Å². The van der Waals surface area contributed by atoms with E-state index in [0.29, 0.717) is 5.92 Å². The Labute approximate surface area is 109 Å². The molecular formula is C14H23ClO2. The van der Waals surface area contributed by atoms with Gasteiger partial charge in [-0.15, -0.1) is 11.6 Å². The van der Waals surface area contributed by atoms with Crippen molar-refractivity contribution in [2.45, 2.75) is 63.9 Å². The van der Waals surface area contributed by atoms with Gasteiger partial charge in [-0.05, 0) is 31.1 Å².